The molecule has 0 radical (unpaired) electrons. The smallest absolute Gasteiger partial charge is 0.223 e. The molecule has 0 spiro atoms. The van der Waals surface area contributed by atoms with Gasteiger partial charge in [-0.2, -0.15) is 0 Å². The summed E-state index contributed by atoms with van der Waals surface area (Å²) in [7, 11) is 1.64. The van der Waals surface area contributed by atoms with Crippen LogP contribution in [0.3, 0.4) is 0 Å². The van der Waals surface area contributed by atoms with Gasteiger partial charge in [0.2, 0.25) is 11.8 Å². The zero-order valence-electron chi connectivity index (χ0n) is 16.3. The number of benzene rings is 1. The maximum absolute atomic E-state index is 11.5. The molecule has 2 aromatic rings. The molecule has 2 heterocycles. The van der Waals surface area contributed by atoms with Crippen LogP contribution in [0.2, 0.25) is 0 Å². The van der Waals surface area contributed by atoms with Crippen molar-refractivity contribution in [2.45, 2.75) is 20.4 Å². The van der Waals surface area contributed by atoms with Crippen LogP contribution in [-0.4, -0.2) is 55.0 Å². The van der Waals surface area contributed by atoms with Crippen LogP contribution in [0.25, 0.3) is 0 Å². The van der Waals surface area contributed by atoms with Crippen LogP contribution < -0.4 is 20.3 Å². The standard InChI is InChI=1S/C19H25N5O3S/c1-13(25)21-17-5-4-15(27-3)10-18(17)24-8-6-23(7-9-24)12-16-11-20-19(28-16)22-14(2)26/h4-5,10-11H,6-9,12H2,1-3H3,(H,21,25)(H,20,22,26). The molecule has 1 saturated heterocycles. The summed E-state index contributed by atoms with van der Waals surface area (Å²) in [6.07, 6.45) is 1.82. The van der Waals surface area contributed by atoms with Gasteiger partial charge in [0, 0.05) is 63.7 Å². The van der Waals surface area contributed by atoms with Crippen LogP contribution in [0.15, 0.2) is 24.4 Å². The van der Waals surface area contributed by atoms with Gasteiger partial charge in [0.05, 0.1) is 18.5 Å². The molecule has 0 atom stereocenters. The summed E-state index contributed by atoms with van der Waals surface area (Å²) in [5.74, 6) is 0.565. The van der Waals surface area contributed by atoms with Crippen molar-refractivity contribution in [3.05, 3.63) is 29.3 Å². The first kappa shape index (κ1) is 20.1. The Kier molecular flexibility index (Phi) is 6.48. The molecular weight excluding hydrogens is 378 g/mol. The molecule has 0 aliphatic carbocycles. The van der Waals surface area contributed by atoms with Gasteiger partial charge in [-0.3, -0.25) is 14.5 Å². The zero-order valence-corrected chi connectivity index (χ0v) is 17.1. The average Bonchev–Trinajstić information content (AvgIpc) is 3.08. The Bertz CT molecular complexity index is 846. The minimum atomic E-state index is -0.109. The van der Waals surface area contributed by atoms with E-state index < -0.39 is 0 Å². The molecule has 1 aliphatic rings. The first-order chi connectivity index (χ1) is 13.4. The molecule has 1 fully saturated rings. The fourth-order valence-corrected chi connectivity index (χ4v) is 4.05. The van der Waals surface area contributed by atoms with Gasteiger partial charge >= 0.3 is 0 Å². The van der Waals surface area contributed by atoms with E-state index in [9.17, 15) is 9.59 Å². The van der Waals surface area contributed by atoms with Gasteiger partial charge in [-0.05, 0) is 12.1 Å². The van der Waals surface area contributed by atoms with Crippen molar-refractivity contribution in [1.29, 1.82) is 0 Å². The molecule has 0 saturated carbocycles. The highest BCUT2D eigenvalue weighted by Gasteiger charge is 2.21. The Hall–Kier alpha value is -2.65. The Balaban J connectivity index is 1.62. The van der Waals surface area contributed by atoms with Gasteiger partial charge in [-0.15, -0.1) is 11.3 Å². The van der Waals surface area contributed by atoms with E-state index in [1.165, 1.54) is 25.2 Å². The van der Waals surface area contributed by atoms with Crippen LogP contribution in [-0.2, 0) is 16.1 Å². The highest BCUT2D eigenvalue weighted by molar-refractivity contribution is 7.15. The number of carbonyl (C=O) groups excluding carboxylic acids is 2. The van der Waals surface area contributed by atoms with E-state index in [0.717, 1.165) is 54.7 Å². The van der Waals surface area contributed by atoms with Crippen LogP contribution in [0, 0.1) is 0 Å². The van der Waals surface area contributed by atoms with E-state index in [2.05, 4.69) is 25.4 Å². The van der Waals surface area contributed by atoms with Crippen LogP contribution in [0.5, 0.6) is 5.75 Å². The van der Waals surface area contributed by atoms with Gasteiger partial charge in [0.25, 0.3) is 0 Å². The normalized spacial score (nSPS) is 14.6. The Morgan fingerprint density at radius 3 is 2.50 bits per heavy atom. The fourth-order valence-electron chi connectivity index (χ4n) is 3.15. The summed E-state index contributed by atoms with van der Waals surface area (Å²) in [6.45, 7) is 7.27. The van der Waals surface area contributed by atoms with Crippen molar-refractivity contribution in [3.63, 3.8) is 0 Å². The lowest BCUT2D eigenvalue weighted by molar-refractivity contribution is -0.115. The molecule has 9 heteroatoms. The Labute approximate surface area is 168 Å². The third-order valence-electron chi connectivity index (χ3n) is 4.44. The third kappa shape index (κ3) is 5.20. The van der Waals surface area contributed by atoms with E-state index in [4.69, 9.17) is 4.74 Å². The number of thiazole rings is 1. The molecule has 2 N–H and O–H groups in total. The first-order valence-corrected chi connectivity index (χ1v) is 9.91. The quantitative estimate of drug-likeness (QED) is 0.770. The van der Waals surface area contributed by atoms with Crippen LogP contribution in [0.1, 0.15) is 18.7 Å². The van der Waals surface area contributed by atoms with E-state index in [1.807, 2.05) is 24.4 Å². The second-order valence-corrected chi connectivity index (χ2v) is 7.76. The number of anilines is 3. The number of piperazine rings is 1. The van der Waals surface area contributed by atoms with E-state index in [0.29, 0.717) is 5.13 Å². The molecule has 2 amide bonds. The van der Waals surface area contributed by atoms with Crippen molar-refractivity contribution < 1.29 is 14.3 Å². The summed E-state index contributed by atoms with van der Waals surface area (Å²) in [4.78, 5) is 32.6. The lowest BCUT2D eigenvalue weighted by atomic mass is 10.2. The van der Waals surface area contributed by atoms with Crippen molar-refractivity contribution in [2.75, 3.05) is 48.8 Å². The maximum atomic E-state index is 11.5. The first-order valence-electron chi connectivity index (χ1n) is 9.10. The molecule has 150 valence electrons. The molecule has 28 heavy (non-hydrogen) atoms. The molecule has 3 rings (SSSR count). The van der Waals surface area contributed by atoms with Crippen molar-refractivity contribution in [3.8, 4) is 5.75 Å². The Morgan fingerprint density at radius 2 is 1.86 bits per heavy atom. The lowest BCUT2D eigenvalue weighted by Gasteiger charge is -2.36. The third-order valence-corrected chi connectivity index (χ3v) is 5.34. The molecule has 1 aromatic heterocycles. The number of aromatic nitrogens is 1. The molecule has 0 bridgehead atoms. The maximum Gasteiger partial charge on any atom is 0.223 e. The minimum Gasteiger partial charge on any atom is -0.497 e. The predicted octanol–water partition coefficient (Wildman–Crippen LogP) is 2.39. The number of hydrogen-bond acceptors (Lipinski definition) is 7. The highest BCUT2D eigenvalue weighted by atomic mass is 32.1. The van der Waals surface area contributed by atoms with Gasteiger partial charge in [0.1, 0.15) is 5.75 Å². The van der Waals surface area contributed by atoms with Crippen molar-refractivity contribution in [2.24, 2.45) is 0 Å². The second kappa shape index (κ2) is 9.03. The number of nitrogens with one attached hydrogen (secondary N) is 2. The van der Waals surface area contributed by atoms with Gasteiger partial charge in [-0.25, -0.2) is 4.98 Å². The highest BCUT2D eigenvalue weighted by Crippen LogP contribution is 2.31. The topological polar surface area (TPSA) is 86.8 Å². The number of rotatable bonds is 6. The second-order valence-electron chi connectivity index (χ2n) is 6.64. The van der Waals surface area contributed by atoms with Gasteiger partial charge < -0.3 is 20.3 Å². The lowest BCUT2D eigenvalue weighted by Crippen LogP contribution is -2.46. The van der Waals surface area contributed by atoms with E-state index in [1.54, 1.807) is 7.11 Å². The number of nitrogens with zero attached hydrogens (tertiary/aromatic N) is 3. The summed E-state index contributed by atoms with van der Waals surface area (Å²) >= 11 is 1.50. The molecule has 8 nitrogen and oxygen atoms in total. The summed E-state index contributed by atoms with van der Waals surface area (Å²) in [5.41, 5.74) is 1.77. The number of amides is 2. The van der Waals surface area contributed by atoms with E-state index in [-0.39, 0.29) is 11.8 Å². The molecule has 1 aliphatic heterocycles. The molecule has 1 aromatic carbocycles. The largest absolute Gasteiger partial charge is 0.497 e. The minimum absolute atomic E-state index is 0.0924. The average molecular weight is 404 g/mol. The summed E-state index contributed by atoms with van der Waals surface area (Å²) in [6, 6.07) is 5.69. The zero-order chi connectivity index (χ0) is 20.1. The van der Waals surface area contributed by atoms with Gasteiger partial charge in [0.15, 0.2) is 5.13 Å². The fraction of sp³-hybridized carbons (Fsp3) is 0.421. The molecule has 0 unspecified atom stereocenters. The van der Waals surface area contributed by atoms with Crippen LogP contribution >= 0.6 is 11.3 Å². The van der Waals surface area contributed by atoms with Crippen LogP contribution in [0.4, 0.5) is 16.5 Å². The summed E-state index contributed by atoms with van der Waals surface area (Å²) in [5, 5.41) is 6.26. The van der Waals surface area contributed by atoms with Crippen molar-refractivity contribution in [1.82, 2.24) is 9.88 Å². The predicted molar refractivity (Wildman–Crippen MR) is 111 cm³/mol. The Morgan fingerprint density at radius 1 is 1.14 bits per heavy atom. The number of carbonyl (C=O) groups is 2. The summed E-state index contributed by atoms with van der Waals surface area (Å²) < 4.78 is 5.35. The SMILES string of the molecule is COc1ccc(NC(C)=O)c(N2CCN(Cc3cnc(NC(C)=O)s3)CC2)c1. The molecular formula is C19H25N5O3S. The number of methoxy groups -OCH3 is 1. The number of ether oxygens (including phenoxy) is 1. The van der Waals surface area contributed by atoms with Gasteiger partial charge in [-0.1, -0.05) is 0 Å². The monoisotopic (exact) mass is 403 g/mol. The number of hydrogen-bond donors (Lipinski definition) is 2. The van der Waals surface area contributed by atoms with E-state index >= 15 is 0 Å². The van der Waals surface area contributed by atoms with Crippen molar-refractivity contribution >= 4 is 39.7 Å².